The highest BCUT2D eigenvalue weighted by atomic mass is 35.5. The van der Waals surface area contributed by atoms with E-state index in [1.165, 1.54) is 12.8 Å². The van der Waals surface area contributed by atoms with E-state index in [0.717, 1.165) is 83.1 Å². The minimum Gasteiger partial charge on any atom is -0.341 e. The lowest BCUT2D eigenvalue weighted by atomic mass is 9.92. The first-order chi connectivity index (χ1) is 11.7. The predicted octanol–water partition coefficient (Wildman–Crippen LogP) is 2.05. The normalized spacial score (nSPS) is 33.0. The zero-order valence-corrected chi connectivity index (χ0v) is 15.9. The fourth-order valence-corrected chi connectivity index (χ4v) is 5.34. The average molecular weight is 370 g/mol. The van der Waals surface area contributed by atoms with E-state index in [4.69, 9.17) is 0 Å². The molecule has 3 aliphatic heterocycles. The SMILES string of the molecule is Cl.O=C(C1CCCN1C(=O)C1CCCC1)N1CC[C@@H]2CNC[C@@H]2CC1. The Labute approximate surface area is 157 Å². The number of carbonyl (C=O) groups excluding carboxylic acids is 2. The Kier molecular flexibility index (Phi) is 6.26. The van der Waals surface area contributed by atoms with Gasteiger partial charge in [0.05, 0.1) is 0 Å². The zero-order valence-electron chi connectivity index (χ0n) is 15.1. The quantitative estimate of drug-likeness (QED) is 0.810. The number of hydrogen-bond acceptors (Lipinski definition) is 3. The van der Waals surface area contributed by atoms with Crippen molar-refractivity contribution in [1.82, 2.24) is 15.1 Å². The number of halogens is 1. The molecule has 1 unspecified atom stereocenters. The molecule has 4 aliphatic rings. The summed E-state index contributed by atoms with van der Waals surface area (Å²) in [6.45, 7) is 4.77. The Morgan fingerprint density at radius 1 is 0.760 bits per heavy atom. The number of hydrogen-bond donors (Lipinski definition) is 1. The first-order valence-corrected chi connectivity index (χ1v) is 10.0. The molecule has 0 spiro atoms. The molecule has 0 radical (unpaired) electrons. The second-order valence-electron chi connectivity index (χ2n) is 8.25. The van der Waals surface area contributed by atoms with E-state index < -0.39 is 0 Å². The molecule has 4 fully saturated rings. The van der Waals surface area contributed by atoms with Gasteiger partial charge in [0.15, 0.2) is 0 Å². The topological polar surface area (TPSA) is 52.7 Å². The van der Waals surface area contributed by atoms with Crippen LogP contribution in [0.3, 0.4) is 0 Å². The maximum Gasteiger partial charge on any atom is 0.245 e. The van der Waals surface area contributed by atoms with Crippen molar-refractivity contribution in [2.24, 2.45) is 17.8 Å². The van der Waals surface area contributed by atoms with Crippen LogP contribution in [0.1, 0.15) is 51.4 Å². The summed E-state index contributed by atoms with van der Waals surface area (Å²) >= 11 is 0. The number of nitrogens with zero attached hydrogens (tertiary/aromatic N) is 2. The second kappa shape index (κ2) is 8.26. The third kappa shape index (κ3) is 3.82. The van der Waals surface area contributed by atoms with E-state index in [2.05, 4.69) is 10.2 Å². The lowest BCUT2D eigenvalue weighted by Gasteiger charge is -2.31. The second-order valence-corrected chi connectivity index (χ2v) is 8.25. The summed E-state index contributed by atoms with van der Waals surface area (Å²) in [5.74, 6) is 2.16. The lowest BCUT2D eigenvalue weighted by molar-refractivity contribution is -0.146. The number of nitrogens with one attached hydrogen (secondary N) is 1. The molecular formula is C19H32ClN3O2. The third-order valence-electron chi connectivity index (χ3n) is 6.86. The van der Waals surface area contributed by atoms with Crippen molar-refractivity contribution in [3.8, 4) is 0 Å². The van der Waals surface area contributed by atoms with E-state index in [0.29, 0.717) is 0 Å². The Balaban J connectivity index is 0.00000182. The van der Waals surface area contributed by atoms with Gasteiger partial charge in [0.2, 0.25) is 11.8 Å². The van der Waals surface area contributed by atoms with Crippen molar-refractivity contribution in [1.29, 1.82) is 0 Å². The van der Waals surface area contributed by atoms with E-state index >= 15 is 0 Å². The van der Waals surface area contributed by atoms with Crippen LogP contribution in [0.25, 0.3) is 0 Å². The average Bonchev–Trinajstić information content (AvgIpc) is 3.34. The van der Waals surface area contributed by atoms with Crippen molar-refractivity contribution in [3.05, 3.63) is 0 Å². The molecule has 0 aromatic rings. The van der Waals surface area contributed by atoms with Crippen LogP contribution >= 0.6 is 12.4 Å². The van der Waals surface area contributed by atoms with Crippen molar-refractivity contribution < 1.29 is 9.59 Å². The van der Waals surface area contributed by atoms with Crippen LogP contribution < -0.4 is 5.32 Å². The molecule has 2 amide bonds. The van der Waals surface area contributed by atoms with Gasteiger partial charge in [0.1, 0.15) is 6.04 Å². The van der Waals surface area contributed by atoms with Crippen LogP contribution in [0.15, 0.2) is 0 Å². The van der Waals surface area contributed by atoms with Crippen LogP contribution in [0.5, 0.6) is 0 Å². The van der Waals surface area contributed by atoms with Crippen LogP contribution in [-0.4, -0.2) is 60.4 Å². The molecular weight excluding hydrogens is 338 g/mol. The first-order valence-electron chi connectivity index (χ1n) is 10.0. The number of carbonyl (C=O) groups is 2. The van der Waals surface area contributed by atoms with Gasteiger partial charge in [-0.25, -0.2) is 0 Å². The fraction of sp³-hybridized carbons (Fsp3) is 0.895. The van der Waals surface area contributed by atoms with E-state index in [1.807, 2.05) is 4.90 Å². The Bertz CT molecular complexity index is 481. The van der Waals surface area contributed by atoms with E-state index in [1.54, 1.807) is 0 Å². The summed E-state index contributed by atoms with van der Waals surface area (Å²) in [6.07, 6.45) is 8.48. The fourth-order valence-electron chi connectivity index (χ4n) is 5.34. The highest BCUT2D eigenvalue weighted by molar-refractivity contribution is 5.89. The zero-order chi connectivity index (χ0) is 16.5. The largest absolute Gasteiger partial charge is 0.341 e. The summed E-state index contributed by atoms with van der Waals surface area (Å²) in [5, 5.41) is 3.49. The number of amides is 2. The first kappa shape index (κ1) is 19.0. The van der Waals surface area contributed by atoms with Crippen LogP contribution in [-0.2, 0) is 9.59 Å². The highest BCUT2D eigenvalue weighted by Crippen LogP contribution is 2.32. The smallest absolute Gasteiger partial charge is 0.245 e. The van der Waals surface area contributed by atoms with Crippen molar-refractivity contribution in [2.75, 3.05) is 32.7 Å². The van der Waals surface area contributed by atoms with Gasteiger partial charge in [0.25, 0.3) is 0 Å². The molecule has 0 aromatic heterocycles. The standard InChI is InChI=1S/C19H31N3O2.ClH/c23-18(14-4-1-2-5-14)22-9-3-6-17(22)19(24)21-10-7-15-12-20-13-16(15)8-11-21;/h14-17,20H,1-13H2;1H/t15-,16+,17?;. The number of fused-ring (bicyclic) bond motifs is 1. The number of rotatable bonds is 2. The monoisotopic (exact) mass is 369 g/mol. The molecule has 25 heavy (non-hydrogen) atoms. The summed E-state index contributed by atoms with van der Waals surface area (Å²) in [7, 11) is 0. The Hall–Kier alpha value is -0.810. The van der Waals surface area contributed by atoms with Gasteiger partial charge in [0, 0.05) is 25.6 Å². The van der Waals surface area contributed by atoms with E-state index in [9.17, 15) is 9.59 Å². The maximum absolute atomic E-state index is 13.1. The predicted molar refractivity (Wildman–Crippen MR) is 99.6 cm³/mol. The lowest BCUT2D eigenvalue weighted by Crippen LogP contribution is -2.49. The van der Waals surface area contributed by atoms with Gasteiger partial charge in [-0.3, -0.25) is 9.59 Å². The van der Waals surface area contributed by atoms with Gasteiger partial charge in [-0.15, -0.1) is 12.4 Å². The summed E-state index contributed by atoms with van der Waals surface area (Å²) in [5.41, 5.74) is 0. The van der Waals surface area contributed by atoms with Crippen molar-refractivity contribution in [3.63, 3.8) is 0 Å². The Morgan fingerprint density at radius 2 is 1.40 bits per heavy atom. The highest BCUT2D eigenvalue weighted by Gasteiger charge is 2.40. The maximum atomic E-state index is 13.1. The van der Waals surface area contributed by atoms with Gasteiger partial charge in [-0.05, 0) is 63.5 Å². The van der Waals surface area contributed by atoms with Gasteiger partial charge in [-0.2, -0.15) is 0 Å². The molecule has 0 bridgehead atoms. The molecule has 6 heteroatoms. The summed E-state index contributed by atoms with van der Waals surface area (Å²) in [4.78, 5) is 29.9. The van der Waals surface area contributed by atoms with Crippen LogP contribution in [0, 0.1) is 17.8 Å². The van der Waals surface area contributed by atoms with Gasteiger partial charge < -0.3 is 15.1 Å². The van der Waals surface area contributed by atoms with Crippen LogP contribution in [0.2, 0.25) is 0 Å². The molecule has 142 valence electrons. The molecule has 0 aromatic carbocycles. The van der Waals surface area contributed by atoms with Crippen molar-refractivity contribution >= 4 is 24.2 Å². The molecule has 4 rings (SSSR count). The summed E-state index contributed by atoms with van der Waals surface area (Å²) in [6, 6.07) is -0.172. The molecule has 3 heterocycles. The molecule has 1 aliphatic carbocycles. The molecule has 3 atom stereocenters. The molecule has 5 nitrogen and oxygen atoms in total. The summed E-state index contributed by atoms with van der Waals surface area (Å²) < 4.78 is 0. The minimum atomic E-state index is -0.172. The van der Waals surface area contributed by atoms with E-state index in [-0.39, 0.29) is 36.2 Å². The third-order valence-corrected chi connectivity index (χ3v) is 6.86. The van der Waals surface area contributed by atoms with Crippen molar-refractivity contribution in [2.45, 2.75) is 57.4 Å². The van der Waals surface area contributed by atoms with Gasteiger partial charge in [-0.1, -0.05) is 12.8 Å². The molecule has 1 saturated carbocycles. The number of likely N-dealkylation sites (tertiary alicyclic amines) is 2. The van der Waals surface area contributed by atoms with Crippen LogP contribution in [0.4, 0.5) is 0 Å². The minimum absolute atomic E-state index is 0. The molecule has 3 saturated heterocycles. The Morgan fingerprint density at radius 3 is 2.04 bits per heavy atom. The van der Waals surface area contributed by atoms with Gasteiger partial charge >= 0.3 is 0 Å². The molecule has 1 N–H and O–H groups in total.